The molecule has 4 aliphatic carbocycles. The van der Waals surface area contributed by atoms with E-state index in [1.54, 1.807) is 47.8 Å². The number of benzene rings is 4. The zero-order valence-electron chi connectivity index (χ0n) is 52.3. The van der Waals surface area contributed by atoms with E-state index in [0.29, 0.717) is 51.4 Å². The Labute approximate surface area is 527 Å². The van der Waals surface area contributed by atoms with E-state index in [1.165, 1.54) is 0 Å². The fraction of sp³-hybridized carbons (Fsp3) is 0.514. The molecule has 4 N–H and O–H groups in total. The lowest BCUT2D eigenvalue weighted by Gasteiger charge is -2.31. The Balaban J connectivity index is 0.962. The molecule has 4 aromatic carbocycles. The standard InChI is InChI=1S/C70H88N8O12/c1-75-53-29-27-51(41-53)65(83)73-59(37-45-17-9-5-10-18-45)69(87)78(4)56-32-26-50(40-56)64(82)72-58(34-36-62(80)90-44-48-23-15-8-16-24-48)68(86)76(2)54-30-28-52(42-54)66(84)74-60(38-46-19-11-6-12-20-46)70(88)77(3)55-31-25-49(39-55)63(81)71-57(67(75)85)33-35-61(79)89-43-47-21-13-7-14-22-47/h5-24,49-60H,25-44H2,1-4H3,(H,71,81)(H,72,82)(H,73,83)(H,74,84)/t49-,50-,51-,52-,53+,54+,55+,56+,57-,58-,59-,60-/m1/s1. The first-order valence-electron chi connectivity index (χ1n) is 32.1. The molecule has 90 heavy (non-hydrogen) atoms. The van der Waals surface area contributed by atoms with Crippen LogP contribution in [-0.2, 0) is 83.5 Å². The molecule has 8 bridgehead atoms. The van der Waals surface area contributed by atoms with Crippen molar-refractivity contribution in [1.82, 2.24) is 40.9 Å². The first-order valence-corrected chi connectivity index (χ1v) is 32.1. The van der Waals surface area contributed by atoms with Crippen molar-refractivity contribution in [2.24, 2.45) is 23.7 Å². The molecule has 9 rings (SSSR count). The quantitative estimate of drug-likeness (QED) is 0.107. The number of carbonyl (C=O) groups is 10. The highest BCUT2D eigenvalue weighted by Gasteiger charge is 2.44. The van der Waals surface area contributed by atoms with Gasteiger partial charge in [0.15, 0.2) is 0 Å². The molecule has 20 heteroatoms. The highest BCUT2D eigenvalue weighted by atomic mass is 16.5. The Morgan fingerprint density at radius 2 is 0.600 bits per heavy atom. The zero-order valence-corrected chi connectivity index (χ0v) is 52.3. The number of likely N-dealkylation sites (N-methyl/N-ethyl adjacent to an activating group) is 4. The van der Waals surface area contributed by atoms with Crippen molar-refractivity contribution in [3.05, 3.63) is 144 Å². The molecular weight excluding hydrogens is 1140 g/mol. The smallest absolute Gasteiger partial charge is 0.306 e. The molecule has 12 atom stereocenters. The number of esters is 2. The third-order valence-electron chi connectivity index (χ3n) is 19.5. The number of nitrogens with one attached hydrogen (secondary N) is 4. The molecule has 8 amide bonds. The van der Waals surface area contributed by atoms with Crippen molar-refractivity contribution in [1.29, 1.82) is 0 Å². The molecule has 20 nitrogen and oxygen atoms in total. The van der Waals surface area contributed by atoms with Crippen molar-refractivity contribution in [3.63, 3.8) is 0 Å². The summed E-state index contributed by atoms with van der Waals surface area (Å²) in [5.41, 5.74) is 3.24. The summed E-state index contributed by atoms with van der Waals surface area (Å²) in [6.45, 7) is 0.0757. The zero-order chi connectivity index (χ0) is 63.8. The minimum absolute atomic E-state index is 0.0379. The van der Waals surface area contributed by atoms with Crippen LogP contribution in [0.25, 0.3) is 0 Å². The molecule has 5 aliphatic rings. The maximum absolute atomic E-state index is 14.8. The van der Waals surface area contributed by atoms with Crippen LogP contribution < -0.4 is 21.3 Å². The Bertz CT molecular complexity index is 2950. The molecule has 0 radical (unpaired) electrons. The van der Waals surface area contributed by atoms with Gasteiger partial charge in [0.05, 0.1) is 0 Å². The average molecular weight is 1230 g/mol. The summed E-state index contributed by atoms with van der Waals surface area (Å²) in [6.07, 6.45) is 4.56. The van der Waals surface area contributed by atoms with E-state index in [4.69, 9.17) is 9.47 Å². The number of carbonyl (C=O) groups excluding carboxylic acids is 10. The predicted molar refractivity (Wildman–Crippen MR) is 335 cm³/mol. The van der Waals surface area contributed by atoms with Crippen molar-refractivity contribution in [3.8, 4) is 0 Å². The van der Waals surface area contributed by atoms with Gasteiger partial charge in [-0.2, -0.15) is 0 Å². The van der Waals surface area contributed by atoms with E-state index in [1.807, 2.05) is 121 Å². The van der Waals surface area contributed by atoms with Gasteiger partial charge in [-0.15, -0.1) is 0 Å². The van der Waals surface area contributed by atoms with Gasteiger partial charge in [-0.1, -0.05) is 121 Å². The summed E-state index contributed by atoms with van der Waals surface area (Å²) in [7, 11) is 6.63. The molecular formula is C70H88N8O12. The van der Waals surface area contributed by atoms with Gasteiger partial charge >= 0.3 is 11.9 Å². The van der Waals surface area contributed by atoms with Gasteiger partial charge in [0.1, 0.15) is 37.4 Å². The third-order valence-corrected chi connectivity index (χ3v) is 19.5. The van der Waals surface area contributed by atoms with Crippen LogP contribution in [-0.4, -0.2) is 155 Å². The third kappa shape index (κ3) is 17.5. The van der Waals surface area contributed by atoms with E-state index in [0.717, 1.165) is 22.3 Å². The number of fused-ring (bicyclic) bond motifs is 8. The second-order valence-corrected chi connectivity index (χ2v) is 25.4. The maximum Gasteiger partial charge on any atom is 0.306 e. The second kappa shape index (κ2) is 31.4. The van der Waals surface area contributed by atoms with E-state index < -0.39 is 108 Å². The van der Waals surface area contributed by atoms with E-state index in [-0.39, 0.29) is 101 Å². The fourth-order valence-corrected chi connectivity index (χ4v) is 13.8. The second-order valence-electron chi connectivity index (χ2n) is 25.4. The summed E-state index contributed by atoms with van der Waals surface area (Å²) in [5.74, 6) is -6.41. The van der Waals surface area contributed by atoms with Crippen LogP contribution in [0.15, 0.2) is 121 Å². The van der Waals surface area contributed by atoms with Crippen LogP contribution in [0.4, 0.5) is 0 Å². The lowest BCUT2D eigenvalue weighted by molar-refractivity contribution is -0.147. The molecule has 0 aromatic heterocycles. The van der Waals surface area contributed by atoms with Crippen molar-refractivity contribution in [2.75, 3.05) is 28.2 Å². The van der Waals surface area contributed by atoms with Crippen LogP contribution in [0.3, 0.4) is 0 Å². The van der Waals surface area contributed by atoms with Crippen LogP contribution >= 0.6 is 0 Å². The predicted octanol–water partition coefficient (Wildman–Crippen LogP) is 5.98. The summed E-state index contributed by atoms with van der Waals surface area (Å²) in [4.78, 5) is 150. The van der Waals surface area contributed by atoms with Crippen LogP contribution in [0.1, 0.15) is 125 Å². The first-order chi connectivity index (χ1) is 43.4. The topological polar surface area (TPSA) is 250 Å². The van der Waals surface area contributed by atoms with Gasteiger partial charge in [-0.3, -0.25) is 47.9 Å². The maximum atomic E-state index is 14.8. The minimum atomic E-state index is -1.13. The fourth-order valence-electron chi connectivity index (χ4n) is 13.8. The van der Waals surface area contributed by atoms with Crippen molar-refractivity contribution >= 4 is 59.2 Å². The summed E-state index contributed by atoms with van der Waals surface area (Å²) in [6, 6.07) is 31.3. The van der Waals surface area contributed by atoms with E-state index in [9.17, 15) is 47.9 Å². The van der Waals surface area contributed by atoms with Gasteiger partial charge in [0.25, 0.3) is 0 Å². The largest absolute Gasteiger partial charge is 0.461 e. The molecule has 4 saturated carbocycles. The Kier molecular flexibility index (Phi) is 23.0. The highest BCUT2D eigenvalue weighted by Crippen LogP contribution is 2.35. The highest BCUT2D eigenvalue weighted by molar-refractivity contribution is 5.93. The number of hydrogen-bond acceptors (Lipinski definition) is 12. The summed E-state index contributed by atoms with van der Waals surface area (Å²) < 4.78 is 11.2. The number of ether oxygens (including phenoxy) is 2. The molecule has 5 fully saturated rings. The molecule has 1 aliphatic heterocycles. The molecule has 1 heterocycles. The summed E-state index contributed by atoms with van der Waals surface area (Å²) in [5, 5.41) is 12.1. The molecule has 1 saturated heterocycles. The first kappa shape index (κ1) is 66.0. The molecule has 4 aromatic rings. The van der Waals surface area contributed by atoms with Crippen molar-refractivity contribution < 1.29 is 57.4 Å². The lowest BCUT2D eigenvalue weighted by atomic mass is 10.0. The van der Waals surface area contributed by atoms with Gasteiger partial charge < -0.3 is 50.3 Å². The van der Waals surface area contributed by atoms with Gasteiger partial charge in [0, 0.05) is 102 Å². The van der Waals surface area contributed by atoms with Crippen LogP contribution in [0, 0.1) is 23.7 Å². The molecule has 480 valence electrons. The van der Waals surface area contributed by atoms with Gasteiger partial charge in [-0.05, 0) is 112 Å². The Morgan fingerprint density at radius 3 is 0.878 bits per heavy atom. The number of amides is 8. The van der Waals surface area contributed by atoms with Crippen LogP contribution in [0.2, 0.25) is 0 Å². The van der Waals surface area contributed by atoms with Crippen LogP contribution in [0.5, 0.6) is 0 Å². The molecule has 0 unspecified atom stereocenters. The van der Waals surface area contributed by atoms with E-state index in [2.05, 4.69) is 21.3 Å². The van der Waals surface area contributed by atoms with Crippen molar-refractivity contribution in [2.45, 2.75) is 177 Å². The molecule has 0 spiro atoms. The monoisotopic (exact) mass is 1230 g/mol. The van der Waals surface area contributed by atoms with Gasteiger partial charge in [0.2, 0.25) is 47.3 Å². The summed E-state index contributed by atoms with van der Waals surface area (Å²) >= 11 is 0. The van der Waals surface area contributed by atoms with E-state index >= 15 is 0 Å². The Hall–Kier alpha value is -8.42. The average Bonchev–Trinajstić information content (AvgIpc) is 2.10. The minimum Gasteiger partial charge on any atom is -0.461 e. The number of hydrogen-bond donors (Lipinski definition) is 4. The van der Waals surface area contributed by atoms with Gasteiger partial charge in [-0.25, -0.2) is 0 Å². The normalized spacial score (nSPS) is 27.7. The Morgan fingerprint density at radius 1 is 0.356 bits per heavy atom. The SMILES string of the molecule is CN1C(=O)[C@@H](CCC(=O)OCc2ccccc2)NC(=O)[C@@H]2CC[C@@H](C2)N(C)C(=O)[C@@H](Cc2ccccc2)NC(=O)[C@@H]2CC[C@@H](C2)N(C)C(=O)[C@@H](CCC(=O)OCc2ccccc2)NC(=O)[C@@H]2CC[C@@H](C2)N(C)C(=O)[C@@H](Cc2ccccc2)NC(=O)[C@@H]2CC[C@H]1C2. The number of nitrogens with zero attached hydrogens (tertiary/aromatic N) is 4. The lowest BCUT2D eigenvalue weighted by Crippen LogP contribution is -2.53. The number of rotatable bonds is 14.